The van der Waals surface area contributed by atoms with Crippen LogP contribution in [0.5, 0.6) is 0 Å². The number of hydrogen-bond acceptors (Lipinski definition) is 2. The Balaban J connectivity index is 2.93. The molecule has 0 heterocycles. The minimum Gasteiger partial charge on any atom is -0.211 e. The van der Waals surface area contributed by atoms with Crippen molar-refractivity contribution in [3.63, 3.8) is 0 Å². The summed E-state index contributed by atoms with van der Waals surface area (Å²) in [6, 6.07) is 4.10. The Labute approximate surface area is 121 Å². The third-order valence-electron chi connectivity index (χ3n) is 3.60. The van der Waals surface area contributed by atoms with Gasteiger partial charge in [0.25, 0.3) is 0 Å². The molecule has 0 spiro atoms. The summed E-state index contributed by atoms with van der Waals surface area (Å²) in [4.78, 5) is -0.274. The fraction of sp³-hybridized carbons (Fsp3) is 0.600. The molecule has 3 nitrogen and oxygen atoms in total. The van der Waals surface area contributed by atoms with Gasteiger partial charge in [-0.25, -0.2) is 17.5 Å². The second kappa shape index (κ2) is 6.68. The quantitative estimate of drug-likeness (QED) is 0.876. The van der Waals surface area contributed by atoms with Gasteiger partial charge in [-0.1, -0.05) is 33.8 Å². The van der Waals surface area contributed by atoms with Crippen molar-refractivity contribution >= 4 is 10.0 Å². The van der Waals surface area contributed by atoms with Gasteiger partial charge in [0, 0.05) is 6.54 Å². The van der Waals surface area contributed by atoms with Gasteiger partial charge in [0.15, 0.2) is 0 Å². The van der Waals surface area contributed by atoms with E-state index >= 15 is 0 Å². The number of hydrogen-bond donors (Lipinski definition) is 1. The summed E-state index contributed by atoms with van der Waals surface area (Å²) < 4.78 is 40.6. The molecule has 0 unspecified atom stereocenters. The molecular weight excluding hydrogens is 277 g/mol. The molecule has 0 aliphatic rings. The predicted octanol–water partition coefficient (Wildman–Crippen LogP) is 3.34. The Bertz CT molecular complexity index is 545. The van der Waals surface area contributed by atoms with Crippen LogP contribution >= 0.6 is 0 Å². The number of rotatable bonds is 6. The van der Waals surface area contributed by atoms with Gasteiger partial charge in [-0.2, -0.15) is 0 Å². The van der Waals surface area contributed by atoms with E-state index in [1.165, 1.54) is 12.1 Å². The highest BCUT2D eigenvalue weighted by Crippen LogP contribution is 2.21. The topological polar surface area (TPSA) is 46.2 Å². The monoisotopic (exact) mass is 301 g/mol. The normalized spacial score (nSPS) is 12.7. The van der Waals surface area contributed by atoms with E-state index < -0.39 is 15.8 Å². The first-order valence-corrected chi connectivity index (χ1v) is 8.39. The molecule has 1 aromatic carbocycles. The van der Waals surface area contributed by atoms with Gasteiger partial charge < -0.3 is 0 Å². The molecule has 0 atom stereocenters. The Kier molecular flexibility index (Phi) is 5.71. The molecule has 1 rings (SSSR count). The summed E-state index contributed by atoms with van der Waals surface area (Å²) >= 11 is 0. The van der Waals surface area contributed by atoms with Crippen LogP contribution in [0.3, 0.4) is 0 Å². The third-order valence-corrected chi connectivity index (χ3v) is 5.04. The van der Waals surface area contributed by atoms with Crippen molar-refractivity contribution in [2.45, 2.75) is 39.5 Å². The van der Waals surface area contributed by atoms with Crippen LogP contribution in [0.1, 0.15) is 33.3 Å². The summed E-state index contributed by atoms with van der Waals surface area (Å²) in [6.45, 7) is 10.3. The van der Waals surface area contributed by atoms with Crippen molar-refractivity contribution in [3.05, 3.63) is 29.6 Å². The summed E-state index contributed by atoms with van der Waals surface area (Å²) in [7, 11) is -3.80. The van der Waals surface area contributed by atoms with E-state index in [2.05, 4.69) is 32.4 Å². The first-order chi connectivity index (χ1) is 9.15. The minimum absolute atomic E-state index is 0.220. The summed E-state index contributed by atoms with van der Waals surface area (Å²) in [6.07, 6.45) is 0. The lowest BCUT2D eigenvalue weighted by Gasteiger charge is -2.25. The molecule has 0 saturated heterocycles. The molecule has 0 fully saturated rings. The molecule has 114 valence electrons. The fourth-order valence-corrected chi connectivity index (χ4v) is 3.57. The van der Waals surface area contributed by atoms with Crippen LogP contribution in [0.4, 0.5) is 4.39 Å². The average molecular weight is 301 g/mol. The summed E-state index contributed by atoms with van der Waals surface area (Å²) in [5, 5.41) is 0. The molecule has 5 heteroatoms. The molecule has 1 N–H and O–H groups in total. The first-order valence-electron chi connectivity index (χ1n) is 6.91. The molecule has 0 aliphatic heterocycles. The molecule has 0 radical (unpaired) electrons. The second-order valence-corrected chi connectivity index (χ2v) is 7.67. The zero-order chi connectivity index (χ0) is 15.5. The third kappa shape index (κ3) is 4.28. The second-order valence-electron chi connectivity index (χ2n) is 5.94. The lowest BCUT2D eigenvalue weighted by atomic mass is 9.86. The maximum absolute atomic E-state index is 13.7. The van der Waals surface area contributed by atoms with Gasteiger partial charge in [0.1, 0.15) is 10.7 Å². The molecule has 0 aliphatic carbocycles. The highest BCUT2D eigenvalue weighted by molar-refractivity contribution is 7.89. The van der Waals surface area contributed by atoms with E-state index in [1.807, 2.05) is 0 Å². The van der Waals surface area contributed by atoms with Crippen LogP contribution in [-0.4, -0.2) is 15.0 Å². The van der Waals surface area contributed by atoms with Gasteiger partial charge in [-0.05, 0) is 42.4 Å². The van der Waals surface area contributed by atoms with E-state index in [0.717, 1.165) is 5.56 Å². The molecule has 0 amide bonds. The molecule has 20 heavy (non-hydrogen) atoms. The largest absolute Gasteiger partial charge is 0.243 e. The number of halogens is 1. The molecule has 0 saturated carbocycles. The predicted molar refractivity (Wildman–Crippen MR) is 79.5 cm³/mol. The van der Waals surface area contributed by atoms with E-state index in [-0.39, 0.29) is 10.8 Å². The van der Waals surface area contributed by atoms with Crippen molar-refractivity contribution in [1.29, 1.82) is 0 Å². The van der Waals surface area contributed by atoms with Crippen molar-refractivity contribution in [2.24, 2.45) is 17.8 Å². The number of sulfonamides is 1. The number of benzene rings is 1. The van der Waals surface area contributed by atoms with Crippen LogP contribution in [-0.2, 0) is 10.0 Å². The Morgan fingerprint density at radius 3 is 2.20 bits per heavy atom. The lowest BCUT2D eigenvalue weighted by molar-refractivity contribution is 0.289. The van der Waals surface area contributed by atoms with E-state index in [1.54, 1.807) is 13.0 Å². The van der Waals surface area contributed by atoms with Gasteiger partial charge in [0.2, 0.25) is 10.0 Å². The maximum atomic E-state index is 13.7. The zero-order valence-corrected chi connectivity index (χ0v) is 13.6. The fourth-order valence-electron chi connectivity index (χ4n) is 2.34. The van der Waals surface area contributed by atoms with Crippen molar-refractivity contribution < 1.29 is 12.8 Å². The van der Waals surface area contributed by atoms with Gasteiger partial charge in [-0.3, -0.25) is 0 Å². The minimum atomic E-state index is -3.80. The smallest absolute Gasteiger partial charge is 0.211 e. The average Bonchev–Trinajstić information content (AvgIpc) is 2.31. The maximum Gasteiger partial charge on any atom is 0.243 e. The number of aryl methyl sites for hydroxylation is 1. The van der Waals surface area contributed by atoms with Crippen LogP contribution in [0.15, 0.2) is 23.1 Å². The first kappa shape index (κ1) is 17.1. The van der Waals surface area contributed by atoms with Crippen LogP contribution < -0.4 is 4.72 Å². The van der Waals surface area contributed by atoms with Crippen LogP contribution in [0.25, 0.3) is 0 Å². The van der Waals surface area contributed by atoms with Gasteiger partial charge in [0.05, 0.1) is 0 Å². The highest BCUT2D eigenvalue weighted by atomic mass is 32.2. The van der Waals surface area contributed by atoms with Crippen molar-refractivity contribution in [1.82, 2.24) is 4.72 Å². The molecule has 0 aromatic heterocycles. The summed E-state index contributed by atoms with van der Waals surface area (Å²) in [5.41, 5.74) is 0.719. The van der Waals surface area contributed by atoms with E-state index in [0.29, 0.717) is 18.4 Å². The Hall–Kier alpha value is -0.940. The molecule has 0 bridgehead atoms. The van der Waals surface area contributed by atoms with Gasteiger partial charge in [-0.15, -0.1) is 0 Å². The summed E-state index contributed by atoms with van der Waals surface area (Å²) in [5.74, 6) is 0.228. The zero-order valence-electron chi connectivity index (χ0n) is 12.8. The molecular formula is C15H24FNO2S. The van der Waals surface area contributed by atoms with Crippen LogP contribution in [0.2, 0.25) is 0 Å². The van der Waals surface area contributed by atoms with Crippen molar-refractivity contribution in [2.75, 3.05) is 6.54 Å². The van der Waals surface area contributed by atoms with Crippen LogP contribution in [0, 0.1) is 30.5 Å². The van der Waals surface area contributed by atoms with Crippen molar-refractivity contribution in [3.8, 4) is 0 Å². The van der Waals surface area contributed by atoms with E-state index in [4.69, 9.17) is 0 Å². The number of nitrogens with one attached hydrogen (secondary N) is 1. The SMILES string of the molecule is Cc1ccc(F)c(S(=O)(=O)NCC(C(C)C)C(C)C)c1. The Morgan fingerprint density at radius 1 is 1.15 bits per heavy atom. The molecule has 1 aromatic rings. The van der Waals surface area contributed by atoms with Gasteiger partial charge >= 0.3 is 0 Å². The Morgan fingerprint density at radius 2 is 1.70 bits per heavy atom. The highest BCUT2D eigenvalue weighted by Gasteiger charge is 2.23. The standard InChI is InChI=1S/C15H24FNO2S/c1-10(2)13(11(3)4)9-17-20(18,19)15-8-12(5)6-7-14(15)16/h6-8,10-11,13,17H,9H2,1-5H3. The van der Waals surface area contributed by atoms with E-state index in [9.17, 15) is 12.8 Å². The lowest BCUT2D eigenvalue weighted by Crippen LogP contribution is -2.34.